The molecule has 0 saturated carbocycles. The van der Waals surface area contributed by atoms with Crippen LogP contribution in [-0.4, -0.2) is 9.97 Å². The van der Waals surface area contributed by atoms with Crippen molar-refractivity contribution in [2.24, 2.45) is 0 Å². The number of aromatic nitrogens is 2. The quantitative estimate of drug-likeness (QED) is 0.529. The van der Waals surface area contributed by atoms with Crippen molar-refractivity contribution in [3.63, 3.8) is 0 Å². The van der Waals surface area contributed by atoms with Crippen molar-refractivity contribution in [2.45, 2.75) is 12.4 Å². The highest BCUT2D eigenvalue weighted by Crippen LogP contribution is 2.35. The lowest BCUT2D eigenvalue weighted by Crippen LogP contribution is -2.10. The minimum atomic E-state index is -4.57. The average Bonchev–Trinajstić information content (AvgIpc) is 2.61. The molecular weight excluding hydrogens is 386 g/mol. The first-order valence-corrected chi connectivity index (χ1v) is 7.83. The minimum absolute atomic E-state index is 0.112. The Balaban J connectivity index is 1.83. The van der Waals surface area contributed by atoms with E-state index in [4.69, 9.17) is 0 Å². The van der Waals surface area contributed by atoms with Crippen molar-refractivity contribution in [3.8, 4) is 0 Å². The van der Waals surface area contributed by atoms with E-state index in [0.29, 0.717) is 0 Å². The summed E-state index contributed by atoms with van der Waals surface area (Å²) < 4.78 is 77.6. The summed E-state index contributed by atoms with van der Waals surface area (Å²) >= 11 is 0. The van der Waals surface area contributed by atoms with Crippen LogP contribution in [0.1, 0.15) is 11.1 Å². The van der Waals surface area contributed by atoms with Gasteiger partial charge in [-0.2, -0.15) is 31.3 Å². The van der Waals surface area contributed by atoms with Gasteiger partial charge in [0.25, 0.3) is 0 Å². The molecule has 2 aromatic carbocycles. The van der Waals surface area contributed by atoms with Gasteiger partial charge < -0.3 is 10.6 Å². The van der Waals surface area contributed by atoms with Crippen molar-refractivity contribution in [1.82, 2.24) is 9.97 Å². The number of hydrogen-bond acceptors (Lipinski definition) is 4. The highest BCUT2D eigenvalue weighted by atomic mass is 19.4. The van der Waals surface area contributed by atoms with Gasteiger partial charge in [-0.3, -0.25) is 0 Å². The van der Waals surface area contributed by atoms with E-state index < -0.39 is 23.5 Å². The number of para-hydroxylation sites is 1. The molecule has 1 aromatic heterocycles. The van der Waals surface area contributed by atoms with Crippen LogP contribution in [0.4, 0.5) is 49.5 Å². The summed E-state index contributed by atoms with van der Waals surface area (Å²) in [6.07, 6.45) is -7.81. The summed E-state index contributed by atoms with van der Waals surface area (Å²) in [7, 11) is 0. The van der Waals surface area contributed by atoms with Crippen LogP contribution < -0.4 is 10.6 Å². The summed E-state index contributed by atoms with van der Waals surface area (Å²) in [6, 6.07) is 10.6. The van der Waals surface area contributed by atoms with E-state index in [9.17, 15) is 26.3 Å². The number of benzene rings is 2. The first-order valence-electron chi connectivity index (χ1n) is 7.83. The second kappa shape index (κ2) is 7.37. The highest BCUT2D eigenvalue weighted by molar-refractivity contribution is 5.62. The predicted octanol–water partition coefficient (Wildman–Crippen LogP) is 6.00. The van der Waals surface area contributed by atoms with Gasteiger partial charge in [0.15, 0.2) is 0 Å². The molecule has 2 N–H and O–H groups in total. The second-order valence-corrected chi connectivity index (χ2v) is 5.64. The van der Waals surface area contributed by atoms with Crippen LogP contribution in [0.3, 0.4) is 0 Å². The SMILES string of the molecule is FC(F)(F)c1cccc(Nc2ccnc(Nc3ccccc3C(F)(F)F)n2)c1. The maximum atomic E-state index is 13.1. The van der Waals surface area contributed by atoms with Gasteiger partial charge in [-0.15, -0.1) is 0 Å². The lowest BCUT2D eigenvalue weighted by Gasteiger charge is -2.14. The van der Waals surface area contributed by atoms with E-state index in [1.54, 1.807) is 0 Å². The van der Waals surface area contributed by atoms with Gasteiger partial charge in [-0.25, -0.2) is 4.98 Å². The Bertz CT molecular complexity index is 969. The topological polar surface area (TPSA) is 49.8 Å². The van der Waals surface area contributed by atoms with Gasteiger partial charge in [-0.05, 0) is 36.4 Å². The fourth-order valence-electron chi connectivity index (χ4n) is 2.37. The normalized spacial score (nSPS) is 11.9. The summed E-state index contributed by atoms with van der Waals surface area (Å²) in [5.74, 6) is -0.0324. The molecule has 1 heterocycles. The zero-order valence-corrected chi connectivity index (χ0v) is 13.9. The Hall–Kier alpha value is -3.30. The first-order chi connectivity index (χ1) is 13.1. The van der Waals surface area contributed by atoms with Gasteiger partial charge in [0.2, 0.25) is 5.95 Å². The smallest absolute Gasteiger partial charge is 0.340 e. The van der Waals surface area contributed by atoms with Gasteiger partial charge in [0.05, 0.1) is 16.8 Å². The molecule has 0 fully saturated rings. The van der Waals surface area contributed by atoms with E-state index in [1.165, 1.54) is 42.6 Å². The van der Waals surface area contributed by atoms with E-state index >= 15 is 0 Å². The Kier molecular flexibility index (Phi) is 5.12. The molecule has 28 heavy (non-hydrogen) atoms. The molecule has 10 heteroatoms. The van der Waals surface area contributed by atoms with Crippen LogP contribution in [-0.2, 0) is 12.4 Å². The summed E-state index contributed by atoms with van der Waals surface area (Å²) in [6.45, 7) is 0. The maximum absolute atomic E-state index is 13.1. The second-order valence-electron chi connectivity index (χ2n) is 5.64. The fraction of sp³-hybridized carbons (Fsp3) is 0.111. The van der Waals surface area contributed by atoms with Crippen LogP contribution in [0, 0.1) is 0 Å². The number of halogens is 6. The number of nitrogens with one attached hydrogen (secondary N) is 2. The van der Waals surface area contributed by atoms with E-state index in [2.05, 4.69) is 20.6 Å². The van der Waals surface area contributed by atoms with Gasteiger partial charge >= 0.3 is 12.4 Å². The average molecular weight is 398 g/mol. The lowest BCUT2D eigenvalue weighted by molar-refractivity contribution is -0.138. The number of hydrogen-bond donors (Lipinski definition) is 2. The number of rotatable bonds is 4. The molecule has 0 radical (unpaired) electrons. The third-order valence-corrected chi connectivity index (χ3v) is 3.60. The molecule has 0 saturated heterocycles. The largest absolute Gasteiger partial charge is 0.418 e. The molecule has 0 bridgehead atoms. The molecule has 0 aliphatic carbocycles. The number of alkyl halides is 6. The fourth-order valence-corrected chi connectivity index (χ4v) is 2.37. The van der Waals surface area contributed by atoms with Gasteiger partial charge in [-0.1, -0.05) is 18.2 Å². The molecular formula is C18H12F6N4. The summed E-state index contributed by atoms with van der Waals surface area (Å²) in [4.78, 5) is 7.84. The first kappa shape index (κ1) is 19.5. The van der Waals surface area contributed by atoms with Crippen molar-refractivity contribution < 1.29 is 26.3 Å². The van der Waals surface area contributed by atoms with Crippen molar-refractivity contribution in [3.05, 3.63) is 71.9 Å². The monoisotopic (exact) mass is 398 g/mol. The molecule has 3 rings (SSSR count). The molecule has 3 aromatic rings. The van der Waals surface area contributed by atoms with Crippen LogP contribution in [0.2, 0.25) is 0 Å². The van der Waals surface area contributed by atoms with E-state index in [0.717, 1.165) is 18.2 Å². The molecule has 146 valence electrons. The Labute approximate surface area is 155 Å². The molecule has 0 aliphatic rings. The highest BCUT2D eigenvalue weighted by Gasteiger charge is 2.33. The van der Waals surface area contributed by atoms with Crippen LogP contribution in [0.5, 0.6) is 0 Å². The van der Waals surface area contributed by atoms with Crippen molar-refractivity contribution >= 4 is 23.1 Å². The van der Waals surface area contributed by atoms with Crippen molar-refractivity contribution in [2.75, 3.05) is 10.6 Å². The zero-order valence-electron chi connectivity index (χ0n) is 13.9. The van der Waals surface area contributed by atoms with Crippen LogP contribution in [0.15, 0.2) is 60.8 Å². The standard InChI is InChI=1S/C18H12F6N4/c19-17(20,21)11-4-3-5-12(10-11)26-15-8-9-25-16(28-15)27-14-7-2-1-6-13(14)18(22,23)24/h1-10H,(H2,25,26,27,28). The predicted molar refractivity (Wildman–Crippen MR) is 91.5 cm³/mol. The number of nitrogens with zero attached hydrogens (tertiary/aromatic N) is 2. The third kappa shape index (κ3) is 4.70. The van der Waals surface area contributed by atoms with Gasteiger partial charge in [0.1, 0.15) is 5.82 Å². The Morgan fingerprint density at radius 2 is 1.50 bits per heavy atom. The maximum Gasteiger partial charge on any atom is 0.418 e. The zero-order chi connectivity index (χ0) is 20.4. The van der Waals surface area contributed by atoms with Crippen LogP contribution in [0.25, 0.3) is 0 Å². The molecule has 0 unspecified atom stereocenters. The van der Waals surface area contributed by atoms with Crippen molar-refractivity contribution in [1.29, 1.82) is 0 Å². The molecule has 0 aliphatic heterocycles. The van der Waals surface area contributed by atoms with E-state index in [1.807, 2.05) is 0 Å². The molecule has 0 amide bonds. The van der Waals surface area contributed by atoms with Crippen LogP contribution >= 0.6 is 0 Å². The Morgan fingerprint density at radius 3 is 2.21 bits per heavy atom. The summed E-state index contributed by atoms with van der Waals surface area (Å²) in [5.41, 5.74) is -1.86. The molecule has 4 nitrogen and oxygen atoms in total. The number of anilines is 4. The minimum Gasteiger partial charge on any atom is -0.340 e. The Morgan fingerprint density at radius 1 is 0.750 bits per heavy atom. The lowest BCUT2D eigenvalue weighted by atomic mass is 10.1. The third-order valence-electron chi connectivity index (χ3n) is 3.60. The molecule has 0 spiro atoms. The van der Waals surface area contributed by atoms with Gasteiger partial charge in [0, 0.05) is 11.9 Å². The molecule has 0 atom stereocenters. The summed E-state index contributed by atoms with van der Waals surface area (Å²) in [5, 5.41) is 5.15. The van der Waals surface area contributed by atoms with E-state index in [-0.39, 0.29) is 23.1 Å².